The fourth-order valence-electron chi connectivity index (χ4n) is 2.74. The SMILES string of the molecule is CCc1ccccc1C(=O)N1CCCC1CCO. The van der Waals surface area contributed by atoms with E-state index < -0.39 is 0 Å². The van der Waals surface area contributed by atoms with Gasteiger partial charge in [-0.1, -0.05) is 25.1 Å². The number of aliphatic hydroxyl groups excluding tert-OH is 1. The third-order valence-electron chi connectivity index (χ3n) is 3.73. The van der Waals surface area contributed by atoms with Crippen molar-refractivity contribution in [3.63, 3.8) is 0 Å². The Morgan fingerprint density at radius 2 is 2.22 bits per heavy atom. The van der Waals surface area contributed by atoms with Crippen molar-refractivity contribution in [2.24, 2.45) is 0 Å². The van der Waals surface area contributed by atoms with Crippen molar-refractivity contribution < 1.29 is 9.90 Å². The normalized spacial score (nSPS) is 19.2. The number of carbonyl (C=O) groups excluding carboxylic acids is 1. The van der Waals surface area contributed by atoms with Crippen molar-refractivity contribution in [3.8, 4) is 0 Å². The highest BCUT2D eigenvalue weighted by atomic mass is 16.3. The van der Waals surface area contributed by atoms with Crippen LogP contribution in [0.25, 0.3) is 0 Å². The molecule has 1 aliphatic rings. The Bertz CT molecular complexity index is 417. The molecule has 0 saturated carbocycles. The van der Waals surface area contributed by atoms with Crippen LogP contribution in [0.15, 0.2) is 24.3 Å². The van der Waals surface area contributed by atoms with Gasteiger partial charge >= 0.3 is 0 Å². The molecule has 3 nitrogen and oxygen atoms in total. The summed E-state index contributed by atoms with van der Waals surface area (Å²) in [6.07, 6.45) is 3.63. The highest BCUT2D eigenvalue weighted by molar-refractivity contribution is 5.96. The third kappa shape index (κ3) is 2.56. The summed E-state index contributed by atoms with van der Waals surface area (Å²) >= 11 is 0. The first-order valence-electron chi connectivity index (χ1n) is 6.77. The van der Waals surface area contributed by atoms with E-state index in [4.69, 9.17) is 5.11 Å². The zero-order valence-corrected chi connectivity index (χ0v) is 10.9. The topological polar surface area (TPSA) is 40.5 Å². The Morgan fingerprint density at radius 1 is 1.44 bits per heavy atom. The van der Waals surface area contributed by atoms with Gasteiger partial charge in [-0.05, 0) is 37.3 Å². The maximum Gasteiger partial charge on any atom is 0.254 e. The van der Waals surface area contributed by atoms with Crippen molar-refractivity contribution in [1.82, 2.24) is 4.90 Å². The van der Waals surface area contributed by atoms with Crippen LogP contribution in [0.5, 0.6) is 0 Å². The second kappa shape index (κ2) is 6.01. The zero-order valence-electron chi connectivity index (χ0n) is 10.9. The van der Waals surface area contributed by atoms with E-state index in [1.807, 2.05) is 29.2 Å². The summed E-state index contributed by atoms with van der Waals surface area (Å²) in [5.74, 6) is 0.128. The van der Waals surface area contributed by atoms with Gasteiger partial charge in [0.05, 0.1) is 0 Å². The standard InChI is InChI=1S/C15H21NO2/c1-2-12-6-3-4-8-14(12)15(18)16-10-5-7-13(16)9-11-17/h3-4,6,8,13,17H,2,5,7,9-11H2,1H3. The molecule has 18 heavy (non-hydrogen) atoms. The van der Waals surface area contributed by atoms with E-state index in [1.165, 1.54) is 0 Å². The first-order chi connectivity index (χ1) is 8.77. The maximum absolute atomic E-state index is 12.6. The Labute approximate surface area is 108 Å². The van der Waals surface area contributed by atoms with E-state index in [9.17, 15) is 4.79 Å². The molecule has 1 heterocycles. The van der Waals surface area contributed by atoms with E-state index in [1.54, 1.807) is 0 Å². The number of hydrogen-bond acceptors (Lipinski definition) is 2. The molecule has 0 radical (unpaired) electrons. The summed E-state index contributed by atoms with van der Waals surface area (Å²) in [6.45, 7) is 3.05. The number of rotatable bonds is 4. The first kappa shape index (κ1) is 13.1. The molecule has 1 aromatic carbocycles. The minimum absolute atomic E-state index is 0.128. The van der Waals surface area contributed by atoms with Crippen LogP contribution in [0, 0.1) is 0 Å². The second-order valence-corrected chi connectivity index (χ2v) is 4.82. The summed E-state index contributed by atoms with van der Waals surface area (Å²) in [6, 6.07) is 8.04. The predicted molar refractivity (Wildman–Crippen MR) is 71.6 cm³/mol. The number of amides is 1. The number of hydrogen-bond donors (Lipinski definition) is 1. The molecule has 1 saturated heterocycles. The molecular formula is C15H21NO2. The molecule has 2 rings (SSSR count). The molecule has 0 bridgehead atoms. The molecule has 1 fully saturated rings. The lowest BCUT2D eigenvalue weighted by molar-refractivity contribution is 0.0715. The van der Waals surface area contributed by atoms with Gasteiger partial charge < -0.3 is 10.0 Å². The highest BCUT2D eigenvalue weighted by Gasteiger charge is 2.29. The molecule has 1 amide bonds. The van der Waals surface area contributed by atoms with Gasteiger partial charge in [-0.15, -0.1) is 0 Å². The van der Waals surface area contributed by atoms with Crippen molar-refractivity contribution in [3.05, 3.63) is 35.4 Å². The quantitative estimate of drug-likeness (QED) is 0.886. The minimum Gasteiger partial charge on any atom is -0.396 e. The summed E-state index contributed by atoms with van der Waals surface area (Å²) in [7, 11) is 0. The average Bonchev–Trinajstić information content (AvgIpc) is 2.86. The largest absolute Gasteiger partial charge is 0.396 e. The maximum atomic E-state index is 12.6. The second-order valence-electron chi connectivity index (χ2n) is 4.82. The van der Waals surface area contributed by atoms with Gasteiger partial charge in [-0.2, -0.15) is 0 Å². The fourth-order valence-corrected chi connectivity index (χ4v) is 2.74. The van der Waals surface area contributed by atoms with Crippen LogP contribution in [0.2, 0.25) is 0 Å². The third-order valence-corrected chi connectivity index (χ3v) is 3.73. The molecule has 1 aromatic rings. The fraction of sp³-hybridized carbons (Fsp3) is 0.533. The lowest BCUT2D eigenvalue weighted by Crippen LogP contribution is -2.36. The minimum atomic E-state index is 0.128. The van der Waals surface area contributed by atoms with Gasteiger partial charge in [-0.25, -0.2) is 0 Å². The number of benzene rings is 1. The first-order valence-corrected chi connectivity index (χ1v) is 6.77. The Morgan fingerprint density at radius 3 is 2.94 bits per heavy atom. The summed E-state index contributed by atoms with van der Waals surface area (Å²) in [4.78, 5) is 14.5. The molecule has 98 valence electrons. The highest BCUT2D eigenvalue weighted by Crippen LogP contribution is 2.23. The number of likely N-dealkylation sites (tertiary alicyclic amines) is 1. The Balaban J connectivity index is 2.20. The van der Waals surface area contributed by atoms with Crippen molar-refractivity contribution in [1.29, 1.82) is 0 Å². The molecule has 0 aliphatic carbocycles. The van der Waals surface area contributed by atoms with Gasteiger partial charge in [0.25, 0.3) is 5.91 Å². The van der Waals surface area contributed by atoms with Gasteiger partial charge in [0.15, 0.2) is 0 Å². The molecule has 3 heteroatoms. The predicted octanol–water partition coefficient (Wildman–Crippen LogP) is 2.24. The van der Waals surface area contributed by atoms with Gasteiger partial charge in [-0.3, -0.25) is 4.79 Å². The molecule has 1 atom stereocenters. The van der Waals surface area contributed by atoms with Crippen LogP contribution < -0.4 is 0 Å². The van der Waals surface area contributed by atoms with E-state index in [2.05, 4.69) is 6.92 Å². The van der Waals surface area contributed by atoms with Crippen LogP contribution in [0.4, 0.5) is 0 Å². The number of aliphatic hydroxyl groups is 1. The van der Waals surface area contributed by atoms with Crippen LogP contribution >= 0.6 is 0 Å². The molecule has 1 N–H and O–H groups in total. The van der Waals surface area contributed by atoms with E-state index >= 15 is 0 Å². The van der Waals surface area contributed by atoms with Crippen LogP contribution in [-0.4, -0.2) is 35.1 Å². The summed E-state index contributed by atoms with van der Waals surface area (Å²) < 4.78 is 0. The van der Waals surface area contributed by atoms with Gasteiger partial charge in [0.2, 0.25) is 0 Å². The zero-order chi connectivity index (χ0) is 13.0. The van der Waals surface area contributed by atoms with Gasteiger partial charge in [0.1, 0.15) is 0 Å². The lowest BCUT2D eigenvalue weighted by atomic mass is 10.0. The van der Waals surface area contributed by atoms with Crippen LogP contribution in [0.1, 0.15) is 42.1 Å². The van der Waals surface area contributed by atoms with Crippen LogP contribution in [0.3, 0.4) is 0 Å². The molecular weight excluding hydrogens is 226 g/mol. The Hall–Kier alpha value is -1.35. The van der Waals surface area contributed by atoms with Crippen molar-refractivity contribution in [2.75, 3.05) is 13.2 Å². The average molecular weight is 247 g/mol. The van der Waals surface area contributed by atoms with Crippen LogP contribution in [-0.2, 0) is 6.42 Å². The molecule has 1 aliphatic heterocycles. The summed E-state index contributed by atoms with van der Waals surface area (Å²) in [5.41, 5.74) is 1.93. The lowest BCUT2D eigenvalue weighted by Gasteiger charge is -2.25. The van der Waals surface area contributed by atoms with E-state index in [0.29, 0.717) is 6.42 Å². The number of nitrogens with zero attached hydrogens (tertiary/aromatic N) is 1. The van der Waals surface area contributed by atoms with E-state index in [-0.39, 0.29) is 18.6 Å². The summed E-state index contributed by atoms with van der Waals surface area (Å²) in [5, 5.41) is 9.06. The van der Waals surface area contributed by atoms with E-state index in [0.717, 1.165) is 36.9 Å². The van der Waals surface area contributed by atoms with Crippen molar-refractivity contribution in [2.45, 2.75) is 38.6 Å². The Kier molecular flexibility index (Phi) is 4.37. The monoisotopic (exact) mass is 247 g/mol. The molecule has 0 spiro atoms. The number of aryl methyl sites for hydroxylation is 1. The smallest absolute Gasteiger partial charge is 0.254 e. The van der Waals surface area contributed by atoms with Gasteiger partial charge in [0, 0.05) is 24.8 Å². The molecule has 1 unspecified atom stereocenters. The molecule has 0 aromatic heterocycles. The number of carbonyl (C=O) groups is 1. The van der Waals surface area contributed by atoms with Crippen molar-refractivity contribution >= 4 is 5.91 Å².